The Labute approximate surface area is 169 Å². The fourth-order valence-electron chi connectivity index (χ4n) is 2.56. The number of ether oxygens (including phenoxy) is 2. The first-order valence-corrected chi connectivity index (χ1v) is 8.51. The predicted molar refractivity (Wildman–Crippen MR) is 104 cm³/mol. The lowest BCUT2D eigenvalue weighted by atomic mass is 10.2. The lowest BCUT2D eigenvalue weighted by Gasteiger charge is -2.11. The Morgan fingerprint density at radius 2 is 1.97 bits per heavy atom. The number of carboxylic acids is 1. The van der Waals surface area contributed by atoms with Gasteiger partial charge in [0.15, 0.2) is 11.5 Å². The van der Waals surface area contributed by atoms with Crippen LogP contribution in [0.3, 0.4) is 0 Å². The van der Waals surface area contributed by atoms with Crippen LogP contribution in [0.25, 0.3) is 0 Å². The van der Waals surface area contributed by atoms with Crippen LogP contribution < -0.4 is 14.8 Å². The van der Waals surface area contributed by atoms with Crippen molar-refractivity contribution >= 4 is 23.3 Å². The predicted octanol–water partition coefficient (Wildman–Crippen LogP) is 2.93. The van der Waals surface area contributed by atoms with Crippen LogP contribution >= 0.6 is 0 Å². The Hall–Kier alpha value is -4.41. The second-order valence-electron chi connectivity index (χ2n) is 6.00. The number of nitrogens with zero attached hydrogens (tertiary/aromatic N) is 3. The van der Waals surface area contributed by atoms with Gasteiger partial charge in [0.05, 0.1) is 35.5 Å². The summed E-state index contributed by atoms with van der Waals surface area (Å²) in [6.45, 7) is -0.402. The van der Waals surface area contributed by atoms with E-state index in [0.29, 0.717) is 11.5 Å². The number of carbonyl (C=O) groups excluding carboxylic acids is 1. The molecule has 30 heavy (non-hydrogen) atoms. The van der Waals surface area contributed by atoms with E-state index in [4.69, 9.17) is 14.6 Å². The summed E-state index contributed by atoms with van der Waals surface area (Å²) in [6.07, 6.45) is 2.45. The fourth-order valence-corrected chi connectivity index (χ4v) is 2.56. The van der Waals surface area contributed by atoms with Crippen molar-refractivity contribution < 1.29 is 29.1 Å². The Balaban J connectivity index is 1.85. The van der Waals surface area contributed by atoms with E-state index in [1.165, 1.54) is 37.7 Å². The molecule has 0 saturated carbocycles. The maximum absolute atomic E-state index is 12.4. The number of anilines is 1. The van der Waals surface area contributed by atoms with Crippen LogP contribution in [0, 0.1) is 10.1 Å². The van der Waals surface area contributed by atoms with Gasteiger partial charge in [-0.25, -0.2) is 0 Å². The van der Waals surface area contributed by atoms with E-state index in [1.54, 1.807) is 24.3 Å². The summed E-state index contributed by atoms with van der Waals surface area (Å²) in [5.74, 6) is -0.837. The topological polar surface area (TPSA) is 146 Å². The highest BCUT2D eigenvalue weighted by atomic mass is 16.6. The molecule has 1 heterocycles. The van der Waals surface area contributed by atoms with Crippen molar-refractivity contribution in [3.8, 4) is 17.2 Å². The molecule has 0 unspecified atom stereocenters. The molecule has 0 aliphatic heterocycles. The van der Waals surface area contributed by atoms with E-state index in [1.807, 2.05) is 0 Å². The number of nitrogens with one attached hydrogen (secondary N) is 1. The van der Waals surface area contributed by atoms with Crippen LogP contribution in [0.4, 0.5) is 11.4 Å². The normalized spacial score (nSPS) is 10.3. The van der Waals surface area contributed by atoms with Crippen LogP contribution in [0.2, 0.25) is 0 Å². The molecule has 0 atom stereocenters. The summed E-state index contributed by atoms with van der Waals surface area (Å²) in [7, 11) is 1.46. The summed E-state index contributed by atoms with van der Waals surface area (Å²) in [6, 6.07) is 10.6. The summed E-state index contributed by atoms with van der Waals surface area (Å²) in [5.41, 5.74) is -0.0840. The monoisotopic (exact) mass is 412 g/mol. The zero-order chi connectivity index (χ0) is 21.7. The Bertz CT molecular complexity index is 1110. The van der Waals surface area contributed by atoms with Crippen LogP contribution in [0.15, 0.2) is 54.9 Å². The lowest BCUT2D eigenvalue weighted by molar-refractivity contribution is -0.384. The van der Waals surface area contributed by atoms with E-state index >= 15 is 0 Å². The molecular formula is C19H16N4O7. The number of carbonyl (C=O) groups is 2. The minimum Gasteiger partial charge on any atom is -0.493 e. The van der Waals surface area contributed by atoms with Crippen LogP contribution in [-0.2, 0) is 11.3 Å². The van der Waals surface area contributed by atoms with Gasteiger partial charge in [-0.05, 0) is 12.1 Å². The van der Waals surface area contributed by atoms with Gasteiger partial charge >= 0.3 is 5.97 Å². The third-order valence-electron chi connectivity index (χ3n) is 3.85. The number of rotatable bonds is 8. The minimum absolute atomic E-state index is 0.0925. The number of carboxylic acid groups (broad SMARTS) is 1. The number of benzene rings is 2. The summed E-state index contributed by atoms with van der Waals surface area (Å²) < 4.78 is 12.0. The van der Waals surface area contributed by atoms with Gasteiger partial charge in [0.2, 0.25) is 0 Å². The second-order valence-corrected chi connectivity index (χ2v) is 6.00. The molecule has 11 nitrogen and oxygen atoms in total. The van der Waals surface area contributed by atoms with Crippen molar-refractivity contribution in [2.75, 3.05) is 12.4 Å². The highest BCUT2D eigenvalue weighted by molar-refractivity contribution is 6.04. The highest BCUT2D eigenvalue weighted by Gasteiger charge is 2.16. The van der Waals surface area contributed by atoms with Gasteiger partial charge in [0.25, 0.3) is 11.6 Å². The number of hydrogen-bond donors (Lipinski definition) is 2. The van der Waals surface area contributed by atoms with Gasteiger partial charge in [0.1, 0.15) is 12.3 Å². The molecule has 0 spiro atoms. The molecule has 0 radical (unpaired) electrons. The SMILES string of the molecule is COc1ccccc1Oc1cc(NC(=O)c2cnn(CC(=O)O)c2)cc([N+](=O)[O-])c1. The first kappa shape index (κ1) is 20.3. The lowest BCUT2D eigenvalue weighted by Crippen LogP contribution is -2.12. The standard InChI is InChI=1S/C19H16N4O7/c1-29-16-4-2-3-5-17(16)30-15-7-13(6-14(8-15)23(27)28)21-19(26)12-9-20-22(10-12)11-18(24)25/h2-10H,11H2,1H3,(H,21,26)(H,24,25). The Morgan fingerprint density at radius 3 is 2.63 bits per heavy atom. The first-order valence-electron chi connectivity index (χ1n) is 8.51. The number of nitro benzene ring substituents is 1. The maximum Gasteiger partial charge on any atom is 0.325 e. The van der Waals surface area contributed by atoms with Crippen molar-refractivity contribution in [3.05, 3.63) is 70.5 Å². The molecule has 0 fully saturated rings. The smallest absolute Gasteiger partial charge is 0.325 e. The molecule has 0 bridgehead atoms. The molecule has 0 aliphatic rings. The molecule has 0 saturated heterocycles. The van der Waals surface area contributed by atoms with Crippen LogP contribution in [0.5, 0.6) is 17.2 Å². The second kappa shape index (κ2) is 8.73. The Morgan fingerprint density at radius 1 is 1.23 bits per heavy atom. The van der Waals surface area contributed by atoms with Crippen molar-refractivity contribution in [2.45, 2.75) is 6.54 Å². The third kappa shape index (κ3) is 4.90. The maximum atomic E-state index is 12.4. The first-order chi connectivity index (χ1) is 14.4. The third-order valence-corrected chi connectivity index (χ3v) is 3.85. The molecule has 2 N–H and O–H groups in total. The van der Waals surface area contributed by atoms with Crippen LogP contribution in [0.1, 0.15) is 10.4 Å². The number of para-hydroxylation sites is 2. The highest BCUT2D eigenvalue weighted by Crippen LogP contribution is 2.34. The van der Waals surface area contributed by atoms with Gasteiger partial charge in [-0.3, -0.25) is 24.4 Å². The van der Waals surface area contributed by atoms with E-state index in [9.17, 15) is 19.7 Å². The van der Waals surface area contributed by atoms with Crippen molar-refractivity contribution in [1.82, 2.24) is 9.78 Å². The van der Waals surface area contributed by atoms with Gasteiger partial charge in [0, 0.05) is 18.3 Å². The van der Waals surface area contributed by atoms with E-state index in [-0.39, 0.29) is 22.7 Å². The number of non-ortho nitro benzene ring substituents is 1. The van der Waals surface area contributed by atoms with E-state index < -0.39 is 23.3 Å². The van der Waals surface area contributed by atoms with Gasteiger partial charge < -0.3 is 19.9 Å². The van der Waals surface area contributed by atoms with Gasteiger partial charge in [-0.15, -0.1) is 0 Å². The number of aliphatic carboxylic acids is 1. The number of methoxy groups -OCH3 is 1. The minimum atomic E-state index is -1.11. The van der Waals surface area contributed by atoms with Crippen molar-refractivity contribution in [1.29, 1.82) is 0 Å². The number of hydrogen-bond acceptors (Lipinski definition) is 7. The summed E-state index contributed by atoms with van der Waals surface area (Å²) >= 11 is 0. The molecule has 1 amide bonds. The average Bonchev–Trinajstić information content (AvgIpc) is 3.16. The molecule has 11 heteroatoms. The van der Waals surface area contributed by atoms with E-state index in [2.05, 4.69) is 10.4 Å². The largest absolute Gasteiger partial charge is 0.493 e. The van der Waals surface area contributed by atoms with Crippen molar-refractivity contribution in [3.63, 3.8) is 0 Å². The van der Waals surface area contributed by atoms with Gasteiger partial charge in [-0.1, -0.05) is 12.1 Å². The fraction of sp³-hybridized carbons (Fsp3) is 0.105. The Kier molecular flexibility index (Phi) is 5.92. The molecule has 2 aromatic carbocycles. The summed E-state index contributed by atoms with van der Waals surface area (Å²) in [4.78, 5) is 33.8. The quantitative estimate of drug-likeness (QED) is 0.424. The zero-order valence-electron chi connectivity index (χ0n) is 15.6. The molecule has 0 aliphatic carbocycles. The number of nitro groups is 1. The van der Waals surface area contributed by atoms with Crippen molar-refractivity contribution in [2.24, 2.45) is 0 Å². The van der Waals surface area contributed by atoms with E-state index in [0.717, 1.165) is 4.68 Å². The molecule has 3 aromatic rings. The molecular weight excluding hydrogens is 396 g/mol. The zero-order valence-corrected chi connectivity index (χ0v) is 15.6. The van der Waals surface area contributed by atoms with Crippen LogP contribution in [-0.4, -0.2) is 38.8 Å². The average molecular weight is 412 g/mol. The number of amides is 1. The number of aromatic nitrogens is 2. The van der Waals surface area contributed by atoms with Gasteiger partial charge in [-0.2, -0.15) is 5.10 Å². The molecule has 154 valence electrons. The summed E-state index contributed by atoms with van der Waals surface area (Å²) in [5, 5.41) is 26.4. The molecule has 1 aromatic heterocycles. The molecule has 3 rings (SSSR count).